The predicted molar refractivity (Wildman–Crippen MR) is 125 cm³/mol. The van der Waals surface area contributed by atoms with Gasteiger partial charge < -0.3 is 21.5 Å². The number of nitrogens with two attached hydrogens (primary N) is 1. The SMILES string of the molecule is CCC(CO)Nc1ncc2nc(Nc3c(F)cc(F)cc3Cl)n(C3CCC(C(N)=O)CC3)c2n1. The van der Waals surface area contributed by atoms with Gasteiger partial charge in [-0.1, -0.05) is 18.5 Å². The largest absolute Gasteiger partial charge is 0.394 e. The number of amides is 1. The Morgan fingerprint density at radius 1 is 1.29 bits per heavy atom. The molecule has 12 heteroatoms. The van der Waals surface area contributed by atoms with Crippen LogP contribution in [0.5, 0.6) is 0 Å². The van der Waals surface area contributed by atoms with E-state index in [0.29, 0.717) is 49.2 Å². The van der Waals surface area contributed by atoms with Gasteiger partial charge in [-0.15, -0.1) is 0 Å². The Balaban J connectivity index is 1.76. The molecular weight excluding hydrogens is 468 g/mol. The van der Waals surface area contributed by atoms with Gasteiger partial charge in [-0.25, -0.2) is 18.7 Å². The highest BCUT2D eigenvalue weighted by molar-refractivity contribution is 6.33. The summed E-state index contributed by atoms with van der Waals surface area (Å²) in [6.45, 7) is 1.85. The Bertz CT molecular complexity index is 1170. The first-order valence-electron chi connectivity index (χ1n) is 11.1. The van der Waals surface area contributed by atoms with Gasteiger partial charge in [0.05, 0.1) is 29.6 Å². The van der Waals surface area contributed by atoms with E-state index in [1.807, 2.05) is 11.5 Å². The lowest BCUT2D eigenvalue weighted by atomic mass is 9.85. The first-order valence-corrected chi connectivity index (χ1v) is 11.5. The van der Waals surface area contributed by atoms with Crippen molar-refractivity contribution in [2.75, 3.05) is 17.2 Å². The van der Waals surface area contributed by atoms with Crippen LogP contribution >= 0.6 is 11.6 Å². The molecule has 1 saturated carbocycles. The van der Waals surface area contributed by atoms with E-state index in [9.17, 15) is 18.7 Å². The lowest BCUT2D eigenvalue weighted by Crippen LogP contribution is -2.29. The van der Waals surface area contributed by atoms with Crippen molar-refractivity contribution in [3.05, 3.63) is 35.0 Å². The number of carbonyl (C=O) groups is 1. The minimum absolute atomic E-state index is 0.0799. The van der Waals surface area contributed by atoms with E-state index in [-0.39, 0.29) is 47.2 Å². The first kappa shape index (κ1) is 24.1. The smallest absolute Gasteiger partial charge is 0.225 e. The topological polar surface area (TPSA) is 131 Å². The monoisotopic (exact) mass is 493 g/mol. The van der Waals surface area contributed by atoms with E-state index >= 15 is 0 Å². The molecule has 2 heterocycles. The summed E-state index contributed by atoms with van der Waals surface area (Å²) in [5.41, 5.74) is 6.33. The van der Waals surface area contributed by atoms with Crippen molar-refractivity contribution >= 4 is 46.3 Å². The number of hydrogen-bond acceptors (Lipinski definition) is 7. The number of hydrogen-bond donors (Lipinski definition) is 4. The minimum Gasteiger partial charge on any atom is -0.394 e. The van der Waals surface area contributed by atoms with E-state index in [0.717, 1.165) is 12.1 Å². The van der Waals surface area contributed by atoms with Gasteiger partial charge in [-0.2, -0.15) is 4.98 Å². The lowest BCUT2D eigenvalue weighted by molar-refractivity contribution is -0.122. The molecule has 9 nitrogen and oxygen atoms in total. The molecule has 0 saturated heterocycles. The van der Waals surface area contributed by atoms with Crippen LogP contribution in [0.25, 0.3) is 11.2 Å². The highest BCUT2D eigenvalue weighted by Crippen LogP contribution is 2.38. The van der Waals surface area contributed by atoms with Crippen molar-refractivity contribution in [2.45, 2.75) is 51.1 Å². The molecule has 2 aromatic heterocycles. The fraction of sp³-hybridized carbons (Fsp3) is 0.455. The van der Waals surface area contributed by atoms with E-state index in [2.05, 4.69) is 25.6 Å². The second-order valence-corrected chi connectivity index (χ2v) is 8.82. The van der Waals surface area contributed by atoms with Gasteiger partial charge in [0.15, 0.2) is 11.5 Å². The summed E-state index contributed by atoms with van der Waals surface area (Å²) >= 11 is 6.10. The van der Waals surface area contributed by atoms with Crippen LogP contribution in [0.15, 0.2) is 18.3 Å². The number of nitrogens with zero attached hydrogens (tertiary/aromatic N) is 4. The van der Waals surface area contributed by atoms with Crippen LogP contribution in [-0.4, -0.2) is 43.2 Å². The second-order valence-electron chi connectivity index (χ2n) is 8.42. The molecule has 0 bridgehead atoms. The van der Waals surface area contributed by atoms with Crippen LogP contribution in [0.1, 0.15) is 45.1 Å². The maximum atomic E-state index is 14.5. The molecule has 1 aliphatic rings. The Morgan fingerprint density at radius 3 is 2.65 bits per heavy atom. The molecule has 3 aromatic rings. The number of aliphatic hydroxyl groups excluding tert-OH is 1. The van der Waals surface area contributed by atoms with Crippen molar-refractivity contribution in [3.63, 3.8) is 0 Å². The maximum absolute atomic E-state index is 14.5. The quantitative estimate of drug-likeness (QED) is 0.374. The Morgan fingerprint density at radius 2 is 2.03 bits per heavy atom. The van der Waals surface area contributed by atoms with Crippen molar-refractivity contribution in [1.82, 2.24) is 19.5 Å². The molecule has 1 amide bonds. The molecule has 5 N–H and O–H groups in total. The van der Waals surface area contributed by atoms with Crippen molar-refractivity contribution in [2.24, 2.45) is 11.7 Å². The summed E-state index contributed by atoms with van der Waals surface area (Å²) in [6, 6.07) is 1.43. The standard InChI is InChI=1S/C22H26ClF2N7O2/c1-2-13(10-33)28-21-27-9-17-20(31-21)32(14-5-3-11(4-6-14)19(26)34)22(29-17)30-18-15(23)7-12(24)8-16(18)25/h7-9,11,13-14,33H,2-6,10H2,1H3,(H2,26,34)(H,29,30)(H,27,28,31). The van der Waals surface area contributed by atoms with Gasteiger partial charge in [0, 0.05) is 18.0 Å². The summed E-state index contributed by atoms with van der Waals surface area (Å²) in [6.07, 6.45) is 4.67. The molecule has 1 fully saturated rings. The number of imidazole rings is 1. The highest BCUT2D eigenvalue weighted by Gasteiger charge is 2.29. The summed E-state index contributed by atoms with van der Waals surface area (Å²) in [5.74, 6) is -1.59. The third-order valence-electron chi connectivity index (χ3n) is 6.19. The number of anilines is 3. The third-order valence-corrected chi connectivity index (χ3v) is 6.49. The fourth-order valence-corrected chi connectivity index (χ4v) is 4.49. The van der Waals surface area contributed by atoms with Crippen molar-refractivity contribution < 1.29 is 18.7 Å². The lowest BCUT2D eigenvalue weighted by Gasteiger charge is -2.29. The van der Waals surface area contributed by atoms with E-state index in [1.54, 1.807) is 0 Å². The van der Waals surface area contributed by atoms with E-state index in [4.69, 9.17) is 17.3 Å². The summed E-state index contributed by atoms with van der Waals surface area (Å²) in [7, 11) is 0. The van der Waals surface area contributed by atoms with Crippen LogP contribution in [0, 0.1) is 17.6 Å². The molecule has 1 atom stereocenters. The third kappa shape index (κ3) is 4.90. The second kappa shape index (κ2) is 10.1. The molecule has 0 radical (unpaired) electrons. The molecular formula is C22H26ClF2N7O2. The first-order chi connectivity index (χ1) is 16.3. The zero-order chi connectivity index (χ0) is 24.4. The summed E-state index contributed by atoms with van der Waals surface area (Å²) < 4.78 is 29.9. The average Bonchev–Trinajstić information content (AvgIpc) is 3.17. The molecule has 1 aliphatic carbocycles. The zero-order valence-electron chi connectivity index (χ0n) is 18.6. The minimum atomic E-state index is -0.858. The Kier molecular flexibility index (Phi) is 7.13. The fourth-order valence-electron chi connectivity index (χ4n) is 4.25. The van der Waals surface area contributed by atoms with Crippen molar-refractivity contribution in [3.8, 4) is 0 Å². The van der Waals surface area contributed by atoms with Gasteiger partial charge in [-0.05, 0) is 38.2 Å². The van der Waals surface area contributed by atoms with Gasteiger partial charge >= 0.3 is 0 Å². The summed E-state index contributed by atoms with van der Waals surface area (Å²) in [5, 5.41) is 15.4. The van der Waals surface area contributed by atoms with Crippen LogP contribution in [-0.2, 0) is 4.79 Å². The Hall–Kier alpha value is -3.05. The molecule has 4 rings (SSSR count). The molecule has 1 unspecified atom stereocenters. The molecule has 0 aliphatic heterocycles. The molecule has 182 valence electrons. The molecule has 0 spiro atoms. The Labute approximate surface area is 199 Å². The summed E-state index contributed by atoms with van der Waals surface area (Å²) in [4.78, 5) is 25.1. The number of benzene rings is 1. The number of rotatable bonds is 8. The van der Waals surface area contributed by atoms with Crippen LogP contribution in [0.2, 0.25) is 5.02 Å². The number of primary amides is 1. The highest BCUT2D eigenvalue weighted by atomic mass is 35.5. The number of aromatic nitrogens is 4. The average molecular weight is 494 g/mol. The normalized spacial score (nSPS) is 19.2. The number of nitrogens with one attached hydrogen (secondary N) is 2. The van der Waals surface area contributed by atoms with E-state index in [1.165, 1.54) is 6.20 Å². The van der Waals surface area contributed by atoms with Crippen molar-refractivity contribution in [1.29, 1.82) is 0 Å². The maximum Gasteiger partial charge on any atom is 0.225 e. The number of aliphatic hydroxyl groups is 1. The number of halogens is 3. The molecule has 34 heavy (non-hydrogen) atoms. The van der Waals surface area contributed by atoms with Gasteiger partial charge in [0.2, 0.25) is 17.8 Å². The number of fused-ring (bicyclic) bond motifs is 1. The van der Waals surface area contributed by atoms with Crippen LogP contribution in [0.4, 0.5) is 26.4 Å². The van der Waals surface area contributed by atoms with Crippen LogP contribution in [0.3, 0.4) is 0 Å². The van der Waals surface area contributed by atoms with Gasteiger partial charge in [0.1, 0.15) is 11.3 Å². The van der Waals surface area contributed by atoms with Crippen LogP contribution < -0.4 is 16.4 Å². The molecule has 1 aromatic carbocycles. The van der Waals surface area contributed by atoms with Gasteiger partial charge in [0.25, 0.3) is 0 Å². The zero-order valence-corrected chi connectivity index (χ0v) is 19.3. The number of carbonyl (C=O) groups excluding carboxylic acids is 1. The predicted octanol–water partition coefficient (Wildman–Crippen LogP) is 3.90. The van der Waals surface area contributed by atoms with Gasteiger partial charge in [-0.3, -0.25) is 9.36 Å². The van der Waals surface area contributed by atoms with E-state index < -0.39 is 11.6 Å².